The first kappa shape index (κ1) is 13.0. The van der Waals surface area contributed by atoms with Gasteiger partial charge in [-0.25, -0.2) is 9.78 Å². The molecule has 0 unspecified atom stereocenters. The molecule has 0 radical (unpaired) electrons. The van der Waals surface area contributed by atoms with Crippen molar-refractivity contribution in [3.63, 3.8) is 0 Å². The molecule has 1 aromatic heterocycles. The lowest BCUT2D eigenvalue weighted by atomic mass is 10.1. The minimum absolute atomic E-state index is 0.171. The Balaban J connectivity index is 1.99. The van der Waals surface area contributed by atoms with E-state index in [1.807, 2.05) is 12.1 Å². The monoisotopic (exact) mass is 250 g/mol. The zero-order valence-corrected chi connectivity index (χ0v) is 10.5. The fraction of sp³-hybridized carbons (Fsp3) is 0.538. The van der Waals surface area contributed by atoms with Crippen LogP contribution in [0.2, 0.25) is 0 Å². The van der Waals surface area contributed by atoms with Crippen LogP contribution >= 0.6 is 0 Å². The van der Waals surface area contributed by atoms with Crippen LogP contribution in [-0.4, -0.2) is 47.3 Å². The number of hydrogen-bond acceptors (Lipinski definition) is 5. The van der Waals surface area contributed by atoms with Crippen LogP contribution in [0.4, 0.5) is 0 Å². The van der Waals surface area contributed by atoms with Crippen LogP contribution in [0.15, 0.2) is 18.2 Å². The molecule has 2 rings (SSSR count). The molecule has 2 heterocycles. The quantitative estimate of drug-likeness (QED) is 0.805. The molecule has 0 saturated carbocycles. The third-order valence-electron chi connectivity index (χ3n) is 3.14. The molecule has 0 amide bonds. The van der Waals surface area contributed by atoms with Crippen molar-refractivity contribution in [1.29, 1.82) is 0 Å². The van der Waals surface area contributed by atoms with Gasteiger partial charge in [0, 0.05) is 19.6 Å². The van der Waals surface area contributed by atoms with Gasteiger partial charge in [0.1, 0.15) is 5.69 Å². The molecule has 1 fully saturated rings. The van der Waals surface area contributed by atoms with Gasteiger partial charge in [-0.15, -0.1) is 0 Å². The van der Waals surface area contributed by atoms with E-state index in [2.05, 4.69) is 14.6 Å². The van der Waals surface area contributed by atoms with Crippen molar-refractivity contribution in [2.45, 2.75) is 25.5 Å². The number of pyridine rings is 1. The summed E-state index contributed by atoms with van der Waals surface area (Å²) in [4.78, 5) is 17.9. The van der Waals surface area contributed by atoms with E-state index in [9.17, 15) is 9.90 Å². The lowest BCUT2D eigenvalue weighted by Gasteiger charge is -2.29. The number of hydrogen-bond donors (Lipinski definition) is 1. The minimum Gasteiger partial charge on any atom is -0.464 e. The number of likely N-dealkylation sites (tertiary alicyclic amines) is 1. The number of ether oxygens (including phenoxy) is 1. The van der Waals surface area contributed by atoms with Crippen LogP contribution in [-0.2, 0) is 11.3 Å². The number of carbonyl (C=O) groups excluding carboxylic acids is 1. The first-order valence-electron chi connectivity index (χ1n) is 6.13. The Hall–Kier alpha value is -1.46. The highest BCUT2D eigenvalue weighted by molar-refractivity contribution is 5.87. The number of carbonyl (C=O) groups is 1. The van der Waals surface area contributed by atoms with Crippen molar-refractivity contribution < 1.29 is 14.6 Å². The number of methoxy groups -OCH3 is 1. The SMILES string of the molecule is COC(=O)c1cccc(CN2CCC(O)CC2)n1. The highest BCUT2D eigenvalue weighted by Crippen LogP contribution is 2.13. The van der Waals surface area contributed by atoms with Gasteiger partial charge in [0.25, 0.3) is 0 Å². The average Bonchev–Trinajstić information content (AvgIpc) is 2.41. The molecule has 0 spiro atoms. The summed E-state index contributed by atoms with van der Waals surface area (Å²) < 4.78 is 4.65. The Morgan fingerprint density at radius 3 is 2.89 bits per heavy atom. The average molecular weight is 250 g/mol. The van der Waals surface area contributed by atoms with Crippen molar-refractivity contribution in [2.75, 3.05) is 20.2 Å². The van der Waals surface area contributed by atoms with Gasteiger partial charge in [-0.3, -0.25) is 4.90 Å². The van der Waals surface area contributed by atoms with Crippen LogP contribution < -0.4 is 0 Å². The number of aliphatic hydroxyl groups is 1. The minimum atomic E-state index is -0.411. The number of esters is 1. The molecule has 0 aromatic carbocycles. The third kappa shape index (κ3) is 3.27. The standard InChI is InChI=1S/C13H18N2O3/c1-18-13(17)12-4-2-3-10(14-12)9-15-7-5-11(16)6-8-15/h2-4,11,16H,5-9H2,1H3. The normalized spacial score (nSPS) is 17.7. The summed E-state index contributed by atoms with van der Waals surface area (Å²) in [6.45, 7) is 2.44. The summed E-state index contributed by atoms with van der Waals surface area (Å²) in [5, 5.41) is 9.44. The highest BCUT2D eigenvalue weighted by Gasteiger charge is 2.17. The van der Waals surface area contributed by atoms with Gasteiger partial charge < -0.3 is 9.84 Å². The molecule has 5 nitrogen and oxygen atoms in total. The molecule has 1 N–H and O–H groups in total. The number of aliphatic hydroxyl groups excluding tert-OH is 1. The molecule has 5 heteroatoms. The van der Waals surface area contributed by atoms with Crippen LogP contribution in [0.25, 0.3) is 0 Å². The molecule has 1 aromatic rings. The van der Waals surface area contributed by atoms with E-state index in [0.717, 1.165) is 31.6 Å². The summed E-state index contributed by atoms with van der Waals surface area (Å²) in [7, 11) is 1.35. The molecular formula is C13H18N2O3. The highest BCUT2D eigenvalue weighted by atomic mass is 16.5. The lowest BCUT2D eigenvalue weighted by molar-refractivity contribution is 0.0593. The van der Waals surface area contributed by atoms with Crippen LogP contribution in [0.3, 0.4) is 0 Å². The maximum absolute atomic E-state index is 11.4. The van der Waals surface area contributed by atoms with E-state index >= 15 is 0 Å². The molecule has 98 valence electrons. The fourth-order valence-electron chi connectivity index (χ4n) is 2.09. The molecule has 18 heavy (non-hydrogen) atoms. The predicted octanol–water partition coefficient (Wildman–Crippen LogP) is 0.825. The molecule has 1 saturated heterocycles. The van der Waals surface area contributed by atoms with Crippen molar-refractivity contribution in [3.05, 3.63) is 29.6 Å². The van der Waals surface area contributed by atoms with Crippen LogP contribution in [0.1, 0.15) is 29.0 Å². The molecular weight excluding hydrogens is 232 g/mol. The van der Waals surface area contributed by atoms with Crippen molar-refractivity contribution in [3.8, 4) is 0 Å². The Bertz CT molecular complexity index is 414. The Morgan fingerprint density at radius 2 is 2.22 bits per heavy atom. The van der Waals surface area contributed by atoms with Crippen LogP contribution in [0, 0.1) is 0 Å². The van der Waals surface area contributed by atoms with Gasteiger partial charge in [-0.05, 0) is 25.0 Å². The Morgan fingerprint density at radius 1 is 1.50 bits per heavy atom. The number of nitrogens with zero attached hydrogens (tertiary/aromatic N) is 2. The lowest BCUT2D eigenvalue weighted by Crippen LogP contribution is -2.35. The van der Waals surface area contributed by atoms with Gasteiger partial charge in [0.2, 0.25) is 0 Å². The van der Waals surface area contributed by atoms with E-state index in [0.29, 0.717) is 12.2 Å². The van der Waals surface area contributed by atoms with E-state index < -0.39 is 5.97 Å². The van der Waals surface area contributed by atoms with E-state index in [4.69, 9.17) is 0 Å². The fourth-order valence-corrected chi connectivity index (χ4v) is 2.09. The van der Waals surface area contributed by atoms with Crippen LogP contribution in [0.5, 0.6) is 0 Å². The van der Waals surface area contributed by atoms with Gasteiger partial charge in [-0.1, -0.05) is 6.07 Å². The van der Waals surface area contributed by atoms with Gasteiger partial charge in [0.05, 0.1) is 18.9 Å². The predicted molar refractivity (Wildman–Crippen MR) is 66.1 cm³/mol. The second-order valence-electron chi connectivity index (χ2n) is 4.51. The smallest absolute Gasteiger partial charge is 0.356 e. The summed E-state index contributed by atoms with van der Waals surface area (Å²) in [6, 6.07) is 5.36. The van der Waals surface area contributed by atoms with Crippen molar-refractivity contribution in [1.82, 2.24) is 9.88 Å². The maximum Gasteiger partial charge on any atom is 0.356 e. The first-order chi connectivity index (χ1) is 8.69. The number of piperidine rings is 1. The second kappa shape index (κ2) is 5.93. The number of aromatic nitrogens is 1. The molecule has 0 atom stereocenters. The zero-order valence-electron chi connectivity index (χ0n) is 10.5. The molecule has 0 bridgehead atoms. The largest absolute Gasteiger partial charge is 0.464 e. The Kier molecular flexibility index (Phi) is 4.28. The summed E-state index contributed by atoms with van der Waals surface area (Å²) >= 11 is 0. The van der Waals surface area contributed by atoms with Gasteiger partial charge in [-0.2, -0.15) is 0 Å². The zero-order chi connectivity index (χ0) is 13.0. The van der Waals surface area contributed by atoms with Crippen molar-refractivity contribution >= 4 is 5.97 Å². The van der Waals surface area contributed by atoms with Gasteiger partial charge >= 0.3 is 5.97 Å². The van der Waals surface area contributed by atoms with Gasteiger partial charge in [0.15, 0.2) is 0 Å². The van der Waals surface area contributed by atoms with E-state index in [-0.39, 0.29) is 6.10 Å². The van der Waals surface area contributed by atoms with E-state index in [1.54, 1.807) is 6.07 Å². The third-order valence-corrected chi connectivity index (χ3v) is 3.14. The summed E-state index contributed by atoms with van der Waals surface area (Å²) in [5.74, 6) is -0.411. The van der Waals surface area contributed by atoms with Crippen molar-refractivity contribution in [2.24, 2.45) is 0 Å². The molecule has 1 aliphatic heterocycles. The molecule has 0 aliphatic carbocycles. The second-order valence-corrected chi connectivity index (χ2v) is 4.51. The topological polar surface area (TPSA) is 62.7 Å². The first-order valence-corrected chi connectivity index (χ1v) is 6.13. The Labute approximate surface area is 106 Å². The maximum atomic E-state index is 11.4. The summed E-state index contributed by atoms with van der Waals surface area (Å²) in [5.41, 5.74) is 1.20. The molecule has 1 aliphatic rings. The number of rotatable bonds is 3. The summed E-state index contributed by atoms with van der Waals surface area (Å²) in [6.07, 6.45) is 1.43. The van der Waals surface area contributed by atoms with E-state index in [1.165, 1.54) is 7.11 Å².